The van der Waals surface area contributed by atoms with E-state index in [1.54, 1.807) is 17.3 Å². The maximum atomic E-state index is 12.8. The minimum absolute atomic E-state index is 0.0273. The van der Waals surface area contributed by atoms with Crippen molar-refractivity contribution in [2.75, 3.05) is 19.0 Å². The van der Waals surface area contributed by atoms with Gasteiger partial charge >= 0.3 is 5.97 Å². The number of methoxy groups -OCH3 is 1. The van der Waals surface area contributed by atoms with Gasteiger partial charge in [0.2, 0.25) is 5.91 Å². The first-order valence-electron chi connectivity index (χ1n) is 11.1. The fourth-order valence-electron chi connectivity index (χ4n) is 4.37. The molecule has 2 atom stereocenters. The summed E-state index contributed by atoms with van der Waals surface area (Å²) in [5.74, 6) is 1.63. The zero-order chi connectivity index (χ0) is 23.1. The third kappa shape index (κ3) is 3.87. The Balaban J connectivity index is 1.46. The van der Waals surface area contributed by atoms with Crippen molar-refractivity contribution in [3.8, 4) is 11.4 Å². The number of fused-ring (bicyclic) bond motifs is 1. The summed E-state index contributed by atoms with van der Waals surface area (Å²) in [5.41, 5.74) is 2.11. The summed E-state index contributed by atoms with van der Waals surface area (Å²) in [5, 5.41) is 3.40. The van der Waals surface area contributed by atoms with Crippen molar-refractivity contribution in [3.63, 3.8) is 0 Å². The molecule has 1 aliphatic carbocycles. The molecule has 3 aromatic heterocycles. The van der Waals surface area contributed by atoms with E-state index in [2.05, 4.69) is 25.3 Å². The smallest absolute Gasteiger partial charge is 0.328 e. The number of hydrogen-bond donors (Lipinski definition) is 1. The maximum absolute atomic E-state index is 12.8. The Morgan fingerprint density at radius 1 is 1.18 bits per heavy atom. The molecule has 0 spiro atoms. The number of rotatable bonds is 6. The molecule has 5 rings (SSSR count). The van der Waals surface area contributed by atoms with Gasteiger partial charge in [-0.05, 0) is 26.7 Å². The number of hydrogen-bond acceptors (Lipinski definition) is 9. The van der Waals surface area contributed by atoms with E-state index in [4.69, 9.17) is 9.72 Å². The van der Waals surface area contributed by atoms with E-state index >= 15 is 0 Å². The number of nitrogens with one attached hydrogen (secondary N) is 1. The van der Waals surface area contributed by atoms with Crippen molar-refractivity contribution >= 4 is 28.9 Å². The van der Waals surface area contributed by atoms with Crippen LogP contribution in [0.1, 0.15) is 32.0 Å². The highest BCUT2D eigenvalue weighted by atomic mass is 16.5. The second-order valence-corrected chi connectivity index (χ2v) is 8.47. The Labute approximate surface area is 190 Å². The van der Waals surface area contributed by atoms with Crippen LogP contribution < -0.4 is 5.32 Å². The van der Waals surface area contributed by atoms with Crippen LogP contribution in [0.5, 0.6) is 0 Å². The van der Waals surface area contributed by atoms with Crippen LogP contribution in [0.3, 0.4) is 0 Å². The Morgan fingerprint density at radius 3 is 2.61 bits per heavy atom. The topological polar surface area (TPSA) is 128 Å². The van der Waals surface area contributed by atoms with Crippen LogP contribution >= 0.6 is 0 Å². The number of aromatic nitrogens is 6. The molecule has 11 nitrogen and oxygen atoms in total. The number of anilines is 1. The standard InChI is InChI=1S/C22H26N8O3/c1-4-29-19(14-8-23-12(2)24-9-14)28-17-18(25-11-26-20(17)29)27-15-7-16(22(32)33-3)30(10-15)21(31)13-5-6-13/h8-9,11,13,15-16H,4-7,10H2,1-3H3,(H,25,26,27)/t15-,16+/m0/s1. The third-order valence-corrected chi connectivity index (χ3v) is 6.21. The molecule has 1 N–H and O–H groups in total. The number of carbonyl (C=O) groups is 2. The van der Waals surface area contributed by atoms with Gasteiger partial charge < -0.3 is 19.5 Å². The lowest BCUT2D eigenvalue weighted by molar-refractivity contribution is -0.151. The average molecular weight is 451 g/mol. The first-order valence-corrected chi connectivity index (χ1v) is 11.1. The lowest BCUT2D eigenvalue weighted by Crippen LogP contribution is -2.42. The van der Waals surface area contributed by atoms with Crippen molar-refractivity contribution in [2.45, 2.75) is 51.7 Å². The van der Waals surface area contributed by atoms with Gasteiger partial charge in [-0.25, -0.2) is 29.7 Å². The molecule has 0 radical (unpaired) electrons. The molecule has 1 saturated carbocycles. The number of carbonyl (C=O) groups excluding carboxylic acids is 2. The zero-order valence-electron chi connectivity index (χ0n) is 18.9. The summed E-state index contributed by atoms with van der Waals surface area (Å²) < 4.78 is 6.95. The lowest BCUT2D eigenvalue weighted by Gasteiger charge is -2.22. The minimum Gasteiger partial charge on any atom is -0.467 e. The molecule has 4 heterocycles. The van der Waals surface area contributed by atoms with Gasteiger partial charge in [-0.3, -0.25) is 4.79 Å². The van der Waals surface area contributed by atoms with Gasteiger partial charge in [0.15, 0.2) is 17.0 Å². The van der Waals surface area contributed by atoms with E-state index in [9.17, 15) is 9.59 Å². The molecule has 11 heteroatoms. The monoisotopic (exact) mass is 450 g/mol. The fraction of sp³-hybridized carbons (Fsp3) is 0.500. The van der Waals surface area contributed by atoms with Gasteiger partial charge in [0.25, 0.3) is 0 Å². The first kappa shape index (κ1) is 21.2. The number of esters is 1. The summed E-state index contributed by atoms with van der Waals surface area (Å²) in [7, 11) is 1.35. The highest BCUT2D eigenvalue weighted by molar-refractivity contribution is 5.89. The van der Waals surface area contributed by atoms with Gasteiger partial charge in [-0.15, -0.1) is 0 Å². The van der Waals surface area contributed by atoms with Crippen LogP contribution in [-0.2, 0) is 20.9 Å². The summed E-state index contributed by atoms with van der Waals surface area (Å²) in [6.07, 6.45) is 7.20. The molecule has 2 fully saturated rings. The van der Waals surface area contributed by atoms with E-state index in [0.717, 1.165) is 18.4 Å². The van der Waals surface area contributed by atoms with Crippen LogP contribution in [-0.4, -0.2) is 72.0 Å². The Hall–Kier alpha value is -3.63. The second kappa shape index (κ2) is 8.38. The number of imidazole rings is 1. The molecule has 1 amide bonds. The largest absolute Gasteiger partial charge is 0.467 e. The predicted octanol–water partition coefficient (Wildman–Crippen LogP) is 1.58. The lowest BCUT2D eigenvalue weighted by atomic mass is 10.1. The van der Waals surface area contributed by atoms with Crippen molar-refractivity contribution in [1.82, 2.24) is 34.4 Å². The van der Waals surface area contributed by atoms with Gasteiger partial charge in [-0.2, -0.15) is 0 Å². The molecule has 1 saturated heterocycles. The van der Waals surface area contributed by atoms with Gasteiger partial charge in [0.05, 0.1) is 12.7 Å². The normalized spacial score (nSPS) is 20.3. The molecule has 0 unspecified atom stereocenters. The quantitative estimate of drug-likeness (QED) is 0.557. The first-order chi connectivity index (χ1) is 16.0. The zero-order valence-corrected chi connectivity index (χ0v) is 18.9. The van der Waals surface area contributed by atoms with E-state index in [1.807, 2.05) is 18.4 Å². The van der Waals surface area contributed by atoms with Crippen LogP contribution in [0.25, 0.3) is 22.6 Å². The van der Waals surface area contributed by atoms with Crippen molar-refractivity contribution in [1.29, 1.82) is 0 Å². The highest BCUT2D eigenvalue weighted by Crippen LogP contribution is 2.35. The predicted molar refractivity (Wildman–Crippen MR) is 119 cm³/mol. The molecule has 0 bridgehead atoms. The molecular weight excluding hydrogens is 424 g/mol. The Morgan fingerprint density at radius 2 is 1.94 bits per heavy atom. The van der Waals surface area contributed by atoms with Crippen molar-refractivity contribution < 1.29 is 14.3 Å². The van der Waals surface area contributed by atoms with E-state index in [1.165, 1.54) is 13.4 Å². The number of nitrogens with zero attached hydrogens (tertiary/aromatic N) is 7. The molecule has 2 aliphatic rings. The second-order valence-electron chi connectivity index (χ2n) is 8.47. The molecular formula is C22H26N8O3. The number of amides is 1. The van der Waals surface area contributed by atoms with Gasteiger partial charge in [-0.1, -0.05) is 0 Å². The number of aryl methyl sites for hydroxylation is 2. The van der Waals surface area contributed by atoms with E-state index < -0.39 is 12.0 Å². The minimum atomic E-state index is -0.591. The summed E-state index contributed by atoms with van der Waals surface area (Å²) >= 11 is 0. The van der Waals surface area contributed by atoms with Crippen LogP contribution in [0, 0.1) is 12.8 Å². The number of likely N-dealkylation sites (tertiary alicyclic amines) is 1. The number of ether oxygens (including phenoxy) is 1. The summed E-state index contributed by atoms with van der Waals surface area (Å²) in [6.45, 7) is 4.93. The third-order valence-electron chi connectivity index (χ3n) is 6.21. The molecule has 0 aromatic carbocycles. The Kier molecular flexibility index (Phi) is 5.39. The van der Waals surface area contributed by atoms with Crippen LogP contribution in [0.2, 0.25) is 0 Å². The van der Waals surface area contributed by atoms with Gasteiger partial charge in [0, 0.05) is 43.9 Å². The fourth-order valence-corrected chi connectivity index (χ4v) is 4.37. The highest BCUT2D eigenvalue weighted by Gasteiger charge is 2.45. The van der Waals surface area contributed by atoms with Gasteiger partial charge in [0.1, 0.15) is 24.0 Å². The molecule has 33 heavy (non-hydrogen) atoms. The Bertz CT molecular complexity index is 1200. The van der Waals surface area contributed by atoms with Crippen LogP contribution in [0.15, 0.2) is 18.7 Å². The maximum Gasteiger partial charge on any atom is 0.328 e. The molecule has 3 aromatic rings. The van der Waals surface area contributed by atoms with Crippen molar-refractivity contribution in [2.24, 2.45) is 5.92 Å². The average Bonchev–Trinajstić information content (AvgIpc) is 3.48. The van der Waals surface area contributed by atoms with E-state index in [-0.39, 0.29) is 17.9 Å². The SMILES string of the molecule is CCn1c(-c2cnc(C)nc2)nc2c(N[C@H]3C[C@H](C(=O)OC)N(C(=O)C4CC4)C3)ncnc21. The molecule has 172 valence electrons. The summed E-state index contributed by atoms with van der Waals surface area (Å²) in [4.78, 5) is 49.0. The van der Waals surface area contributed by atoms with Crippen molar-refractivity contribution in [3.05, 3.63) is 24.5 Å². The molecule has 1 aliphatic heterocycles. The van der Waals surface area contributed by atoms with E-state index in [0.29, 0.717) is 48.1 Å². The van der Waals surface area contributed by atoms with Crippen LogP contribution in [0.4, 0.5) is 5.82 Å². The summed E-state index contributed by atoms with van der Waals surface area (Å²) in [6, 6.07) is -0.751.